The minimum Gasteiger partial charge on any atom is -0.317 e. The summed E-state index contributed by atoms with van der Waals surface area (Å²) in [6.07, 6.45) is 0. The van der Waals surface area contributed by atoms with E-state index < -0.39 is 0 Å². The van der Waals surface area contributed by atoms with Crippen LogP contribution in [0.2, 0.25) is 0 Å². The molecule has 0 fully saturated rings. The maximum atomic E-state index is 5.68. The van der Waals surface area contributed by atoms with Gasteiger partial charge < -0.3 is 5.73 Å². The molecule has 8 heavy (non-hydrogen) atoms. The minimum atomic E-state index is -0.368. The topological polar surface area (TPSA) is 26.0 Å². The van der Waals surface area contributed by atoms with Crippen molar-refractivity contribution in [2.75, 3.05) is 0 Å². The number of hydrogen-bond donors (Lipinski definition) is 2. The van der Waals surface area contributed by atoms with Gasteiger partial charge in [-0.15, -0.1) is 0 Å². The van der Waals surface area contributed by atoms with Crippen molar-refractivity contribution in [2.45, 2.75) is 32.6 Å². The molecule has 0 amide bonds. The monoisotopic (exact) mass is 133 g/mol. The molecule has 50 valence electrons. The molecule has 0 saturated heterocycles. The normalized spacial score (nSPS) is 20.2. The molecule has 2 heteroatoms. The maximum absolute atomic E-state index is 5.68. The van der Waals surface area contributed by atoms with Gasteiger partial charge in [-0.25, -0.2) is 0 Å². The van der Waals surface area contributed by atoms with E-state index in [0.717, 1.165) is 0 Å². The Morgan fingerprint density at radius 3 is 1.25 bits per heavy atom. The van der Waals surface area contributed by atoms with Crippen LogP contribution in [0.3, 0.4) is 0 Å². The Kier molecular flexibility index (Phi) is 2.00. The van der Waals surface area contributed by atoms with E-state index in [0.29, 0.717) is 0 Å². The molecule has 0 heterocycles. The van der Waals surface area contributed by atoms with Crippen LogP contribution in [-0.2, 0) is 0 Å². The number of rotatable bonds is 0. The lowest BCUT2D eigenvalue weighted by atomic mass is 9.88. The molecule has 0 aromatic carbocycles. The maximum Gasteiger partial charge on any atom is 0.0611 e. The summed E-state index contributed by atoms with van der Waals surface area (Å²) in [5.41, 5.74) is 5.76. The number of nitrogens with two attached hydrogens (primary N) is 1. The molecule has 0 rings (SSSR count). The zero-order valence-electron chi connectivity index (χ0n) is 6.02. The zero-order valence-corrected chi connectivity index (χ0v) is 6.92. The van der Waals surface area contributed by atoms with Gasteiger partial charge >= 0.3 is 0 Å². The highest BCUT2D eigenvalue weighted by Crippen LogP contribution is 2.29. The van der Waals surface area contributed by atoms with Crippen molar-refractivity contribution < 1.29 is 0 Å². The highest BCUT2D eigenvalue weighted by atomic mass is 32.1. The average Bonchev–Trinajstić information content (AvgIpc) is 1.25. The van der Waals surface area contributed by atoms with Crippen LogP contribution in [0.5, 0.6) is 0 Å². The fraction of sp³-hybridized carbons (Fsp3) is 1.00. The van der Waals surface area contributed by atoms with Gasteiger partial charge in [0.1, 0.15) is 0 Å². The standard InChI is InChI=1S/C6H15NS/c1-5(2,3)6(4,7)8/h8H,7H2,1-4H3. The summed E-state index contributed by atoms with van der Waals surface area (Å²) in [6, 6.07) is 0. The van der Waals surface area contributed by atoms with Gasteiger partial charge in [-0.3, -0.25) is 0 Å². The van der Waals surface area contributed by atoms with E-state index in [1.165, 1.54) is 0 Å². The molecule has 0 aromatic rings. The van der Waals surface area contributed by atoms with Crippen LogP contribution in [0, 0.1) is 5.41 Å². The molecular weight excluding hydrogens is 118 g/mol. The lowest BCUT2D eigenvalue weighted by Gasteiger charge is -2.33. The Hall–Kier alpha value is 0.310. The van der Waals surface area contributed by atoms with Crippen molar-refractivity contribution in [2.24, 2.45) is 11.1 Å². The first-order valence-electron chi connectivity index (χ1n) is 2.76. The van der Waals surface area contributed by atoms with E-state index in [1.54, 1.807) is 0 Å². The Balaban J connectivity index is 4.02. The van der Waals surface area contributed by atoms with E-state index in [2.05, 4.69) is 33.4 Å². The first-order chi connectivity index (χ1) is 3.25. The fourth-order valence-corrected chi connectivity index (χ4v) is 0. The third-order valence-electron chi connectivity index (χ3n) is 1.52. The van der Waals surface area contributed by atoms with Gasteiger partial charge in [-0.1, -0.05) is 20.8 Å². The first-order valence-corrected chi connectivity index (χ1v) is 3.21. The molecule has 0 aliphatic carbocycles. The Morgan fingerprint density at radius 1 is 1.12 bits per heavy atom. The van der Waals surface area contributed by atoms with Crippen molar-refractivity contribution in [1.29, 1.82) is 0 Å². The fourth-order valence-electron chi connectivity index (χ4n) is 0. The van der Waals surface area contributed by atoms with Crippen molar-refractivity contribution in [3.05, 3.63) is 0 Å². The molecule has 0 saturated carbocycles. The lowest BCUT2D eigenvalue weighted by molar-refractivity contribution is 0.309. The molecule has 1 unspecified atom stereocenters. The smallest absolute Gasteiger partial charge is 0.0611 e. The van der Waals surface area contributed by atoms with Gasteiger partial charge in [0.05, 0.1) is 4.87 Å². The SMILES string of the molecule is CC(C)(C)C(C)(N)S. The van der Waals surface area contributed by atoms with Crippen molar-refractivity contribution in [3.8, 4) is 0 Å². The van der Waals surface area contributed by atoms with Gasteiger partial charge in [0.15, 0.2) is 0 Å². The van der Waals surface area contributed by atoms with Crippen LogP contribution in [0.4, 0.5) is 0 Å². The molecule has 1 atom stereocenters. The predicted molar refractivity (Wildman–Crippen MR) is 41.0 cm³/mol. The Bertz CT molecular complexity index is 63.5. The molecule has 0 radical (unpaired) electrons. The molecule has 2 N–H and O–H groups in total. The summed E-state index contributed by atoms with van der Waals surface area (Å²) in [5, 5.41) is 0. The summed E-state index contributed by atoms with van der Waals surface area (Å²) >= 11 is 4.21. The summed E-state index contributed by atoms with van der Waals surface area (Å²) in [7, 11) is 0. The van der Waals surface area contributed by atoms with E-state index >= 15 is 0 Å². The number of thiol groups is 1. The van der Waals surface area contributed by atoms with Gasteiger partial charge in [0.2, 0.25) is 0 Å². The third kappa shape index (κ3) is 2.05. The highest BCUT2D eigenvalue weighted by Gasteiger charge is 2.28. The Morgan fingerprint density at radius 2 is 1.25 bits per heavy atom. The minimum absolute atomic E-state index is 0.0795. The van der Waals surface area contributed by atoms with Crippen LogP contribution in [0.15, 0.2) is 0 Å². The zero-order chi connectivity index (χ0) is 7.00. The van der Waals surface area contributed by atoms with Crippen LogP contribution in [0.1, 0.15) is 27.7 Å². The molecular formula is C6H15NS. The van der Waals surface area contributed by atoms with Gasteiger partial charge in [-0.05, 0) is 12.3 Å². The molecule has 0 aromatic heterocycles. The van der Waals surface area contributed by atoms with Crippen LogP contribution < -0.4 is 5.73 Å². The molecule has 0 aliphatic rings. The summed E-state index contributed by atoms with van der Waals surface area (Å²) < 4.78 is 0. The Labute approximate surface area is 57.1 Å². The predicted octanol–water partition coefficient (Wildman–Crippen LogP) is 1.64. The van der Waals surface area contributed by atoms with E-state index in [4.69, 9.17) is 5.73 Å². The molecule has 1 nitrogen and oxygen atoms in total. The number of hydrogen-bond acceptors (Lipinski definition) is 2. The van der Waals surface area contributed by atoms with E-state index in [1.807, 2.05) is 6.92 Å². The molecule has 0 spiro atoms. The van der Waals surface area contributed by atoms with E-state index in [-0.39, 0.29) is 10.3 Å². The highest BCUT2D eigenvalue weighted by molar-refractivity contribution is 7.81. The third-order valence-corrected chi connectivity index (χ3v) is 2.19. The van der Waals surface area contributed by atoms with Gasteiger partial charge in [-0.2, -0.15) is 12.6 Å². The second-order valence-electron chi connectivity index (χ2n) is 3.40. The van der Waals surface area contributed by atoms with Crippen LogP contribution in [0.25, 0.3) is 0 Å². The first kappa shape index (κ1) is 8.31. The van der Waals surface area contributed by atoms with Crippen LogP contribution in [-0.4, -0.2) is 4.87 Å². The van der Waals surface area contributed by atoms with Gasteiger partial charge in [0, 0.05) is 0 Å². The van der Waals surface area contributed by atoms with E-state index in [9.17, 15) is 0 Å². The quantitative estimate of drug-likeness (QED) is 0.381. The summed E-state index contributed by atoms with van der Waals surface area (Å²) in [4.78, 5) is -0.368. The summed E-state index contributed by atoms with van der Waals surface area (Å²) in [6.45, 7) is 8.12. The van der Waals surface area contributed by atoms with Gasteiger partial charge in [0.25, 0.3) is 0 Å². The van der Waals surface area contributed by atoms with Crippen molar-refractivity contribution in [3.63, 3.8) is 0 Å². The molecule has 0 aliphatic heterocycles. The largest absolute Gasteiger partial charge is 0.317 e. The molecule has 0 bridgehead atoms. The summed E-state index contributed by atoms with van der Waals surface area (Å²) in [5.74, 6) is 0. The van der Waals surface area contributed by atoms with Crippen LogP contribution >= 0.6 is 12.6 Å². The van der Waals surface area contributed by atoms with Crippen molar-refractivity contribution in [1.82, 2.24) is 0 Å². The average molecular weight is 133 g/mol. The second-order valence-corrected chi connectivity index (χ2v) is 4.33. The second kappa shape index (κ2) is 1.92. The lowest BCUT2D eigenvalue weighted by Crippen LogP contribution is -2.42. The van der Waals surface area contributed by atoms with Crippen molar-refractivity contribution >= 4 is 12.6 Å².